The van der Waals surface area contributed by atoms with E-state index in [1.54, 1.807) is 7.05 Å². The van der Waals surface area contributed by atoms with E-state index >= 15 is 0 Å². The molecule has 7 heteroatoms. The minimum absolute atomic E-state index is 0.191. The third kappa shape index (κ3) is 8.40. The molecule has 1 aromatic rings. The van der Waals surface area contributed by atoms with Crippen molar-refractivity contribution < 1.29 is 14.2 Å². The van der Waals surface area contributed by atoms with E-state index in [2.05, 4.69) is 46.5 Å². The van der Waals surface area contributed by atoms with Gasteiger partial charge in [0.25, 0.3) is 0 Å². The standard InChI is InChI=1S/C23H40N4O3/c1-6-28-21-9-8-19(14-22(21)29-7-2)10-11-25-23(24-5)26-15-20-17-27(12-13-30-20)16-18(3)4/h8-9,14,18,20H,6-7,10-13,15-17H2,1-5H3,(H2,24,25,26). The Hall–Kier alpha value is -1.99. The quantitative estimate of drug-likeness (QED) is 0.424. The topological polar surface area (TPSA) is 67.4 Å². The number of guanidine groups is 1. The number of hydrogen-bond acceptors (Lipinski definition) is 5. The Bertz CT molecular complexity index is 651. The molecule has 1 aliphatic heterocycles. The molecule has 30 heavy (non-hydrogen) atoms. The summed E-state index contributed by atoms with van der Waals surface area (Å²) in [6.07, 6.45) is 1.06. The van der Waals surface area contributed by atoms with E-state index in [9.17, 15) is 0 Å². The zero-order chi connectivity index (χ0) is 21.8. The Balaban J connectivity index is 1.77. The molecular weight excluding hydrogens is 380 g/mol. The lowest BCUT2D eigenvalue weighted by molar-refractivity contribution is -0.0284. The Morgan fingerprint density at radius 1 is 1.20 bits per heavy atom. The van der Waals surface area contributed by atoms with Gasteiger partial charge in [-0.2, -0.15) is 0 Å². The van der Waals surface area contributed by atoms with Crippen LogP contribution < -0.4 is 20.1 Å². The minimum atomic E-state index is 0.191. The van der Waals surface area contributed by atoms with Gasteiger partial charge in [-0.05, 0) is 43.9 Å². The van der Waals surface area contributed by atoms with E-state index in [4.69, 9.17) is 14.2 Å². The Labute approximate surface area is 182 Å². The predicted molar refractivity (Wildman–Crippen MR) is 123 cm³/mol. The van der Waals surface area contributed by atoms with Crippen LogP contribution in [0.4, 0.5) is 0 Å². The first-order chi connectivity index (χ1) is 14.5. The second kappa shape index (κ2) is 13.3. The summed E-state index contributed by atoms with van der Waals surface area (Å²) in [7, 11) is 1.80. The summed E-state index contributed by atoms with van der Waals surface area (Å²) in [5.74, 6) is 3.08. The molecule has 0 amide bonds. The van der Waals surface area contributed by atoms with Crippen molar-refractivity contribution in [3.63, 3.8) is 0 Å². The van der Waals surface area contributed by atoms with Gasteiger partial charge in [-0.3, -0.25) is 9.89 Å². The largest absolute Gasteiger partial charge is 0.490 e. The van der Waals surface area contributed by atoms with E-state index in [-0.39, 0.29) is 6.10 Å². The van der Waals surface area contributed by atoms with Gasteiger partial charge in [-0.1, -0.05) is 19.9 Å². The second-order valence-corrected chi connectivity index (χ2v) is 7.92. The first-order valence-corrected chi connectivity index (χ1v) is 11.2. The molecule has 2 N–H and O–H groups in total. The van der Waals surface area contributed by atoms with Crippen molar-refractivity contribution in [1.82, 2.24) is 15.5 Å². The van der Waals surface area contributed by atoms with Gasteiger partial charge in [0, 0.05) is 39.8 Å². The molecule has 1 aliphatic rings. The van der Waals surface area contributed by atoms with Crippen molar-refractivity contribution in [1.29, 1.82) is 0 Å². The fraction of sp³-hybridized carbons (Fsp3) is 0.696. The number of hydrogen-bond donors (Lipinski definition) is 2. The summed E-state index contributed by atoms with van der Waals surface area (Å²) in [4.78, 5) is 6.82. The van der Waals surface area contributed by atoms with Gasteiger partial charge in [0.1, 0.15) is 0 Å². The zero-order valence-electron chi connectivity index (χ0n) is 19.4. The highest BCUT2D eigenvalue weighted by molar-refractivity contribution is 5.79. The number of benzene rings is 1. The zero-order valence-corrected chi connectivity index (χ0v) is 19.4. The average molecular weight is 421 g/mol. The van der Waals surface area contributed by atoms with Crippen LogP contribution in [0.3, 0.4) is 0 Å². The van der Waals surface area contributed by atoms with Gasteiger partial charge in [0.05, 0.1) is 25.9 Å². The molecule has 0 radical (unpaired) electrons. The summed E-state index contributed by atoms with van der Waals surface area (Å²) in [5.41, 5.74) is 1.20. The predicted octanol–water partition coefficient (Wildman–Crippen LogP) is 2.55. The summed E-state index contributed by atoms with van der Waals surface area (Å²) < 4.78 is 17.3. The van der Waals surface area contributed by atoms with Crippen LogP contribution in [0.5, 0.6) is 11.5 Å². The molecule has 1 fully saturated rings. The molecule has 0 saturated carbocycles. The van der Waals surface area contributed by atoms with Gasteiger partial charge < -0.3 is 24.8 Å². The van der Waals surface area contributed by atoms with Crippen LogP contribution in [0, 0.1) is 5.92 Å². The third-order valence-corrected chi connectivity index (χ3v) is 4.88. The van der Waals surface area contributed by atoms with Crippen LogP contribution in [0.25, 0.3) is 0 Å². The highest BCUT2D eigenvalue weighted by atomic mass is 16.5. The lowest BCUT2D eigenvalue weighted by Gasteiger charge is -2.34. The molecule has 0 bridgehead atoms. The Morgan fingerprint density at radius 2 is 1.97 bits per heavy atom. The normalized spacial score (nSPS) is 17.8. The second-order valence-electron chi connectivity index (χ2n) is 7.92. The third-order valence-electron chi connectivity index (χ3n) is 4.88. The maximum atomic E-state index is 5.91. The molecule has 1 saturated heterocycles. The maximum absolute atomic E-state index is 5.91. The van der Waals surface area contributed by atoms with E-state index in [0.717, 1.165) is 63.2 Å². The van der Waals surface area contributed by atoms with Crippen molar-refractivity contribution in [3.05, 3.63) is 23.8 Å². The minimum Gasteiger partial charge on any atom is -0.490 e. The Morgan fingerprint density at radius 3 is 2.67 bits per heavy atom. The van der Waals surface area contributed by atoms with Crippen LogP contribution in [0.2, 0.25) is 0 Å². The highest BCUT2D eigenvalue weighted by Crippen LogP contribution is 2.28. The van der Waals surface area contributed by atoms with Gasteiger partial charge in [0.15, 0.2) is 17.5 Å². The number of nitrogens with zero attached hydrogens (tertiary/aromatic N) is 2. The molecule has 1 heterocycles. The smallest absolute Gasteiger partial charge is 0.191 e. The summed E-state index contributed by atoms with van der Waals surface area (Å²) in [6.45, 7) is 15.2. The van der Waals surface area contributed by atoms with Gasteiger partial charge in [-0.25, -0.2) is 0 Å². The van der Waals surface area contributed by atoms with Gasteiger partial charge in [-0.15, -0.1) is 0 Å². The van der Waals surface area contributed by atoms with Crippen molar-refractivity contribution in [2.75, 3.05) is 59.6 Å². The lowest BCUT2D eigenvalue weighted by Crippen LogP contribution is -2.50. The first-order valence-electron chi connectivity index (χ1n) is 11.2. The number of nitrogens with one attached hydrogen (secondary N) is 2. The molecule has 7 nitrogen and oxygen atoms in total. The molecular formula is C23H40N4O3. The summed E-state index contributed by atoms with van der Waals surface area (Å²) >= 11 is 0. The molecule has 1 aromatic carbocycles. The number of rotatable bonds is 11. The fourth-order valence-electron chi connectivity index (χ4n) is 3.59. The molecule has 170 valence electrons. The van der Waals surface area contributed by atoms with Crippen LogP contribution in [-0.2, 0) is 11.2 Å². The summed E-state index contributed by atoms with van der Waals surface area (Å²) in [5, 5.41) is 6.79. The number of aliphatic imine (C=N–C) groups is 1. The molecule has 0 spiro atoms. The van der Waals surface area contributed by atoms with E-state index in [1.807, 2.05) is 19.9 Å². The van der Waals surface area contributed by atoms with Crippen LogP contribution in [0.1, 0.15) is 33.3 Å². The van der Waals surface area contributed by atoms with Crippen LogP contribution in [0.15, 0.2) is 23.2 Å². The molecule has 1 unspecified atom stereocenters. The molecule has 1 atom stereocenters. The van der Waals surface area contributed by atoms with Crippen molar-refractivity contribution in [3.8, 4) is 11.5 Å². The van der Waals surface area contributed by atoms with Crippen molar-refractivity contribution in [2.24, 2.45) is 10.9 Å². The van der Waals surface area contributed by atoms with Crippen molar-refractivity contribution in [2.45, 2.75) is 40.2 Å². The monoisotopic (exact) mass is 420 g/mol. The van der Waals surface area contributed by atoms with Crippen LogP contribution >= 0.6 is 0 Å². The average Bonchev–Trinajstić information content (AvgIpc) is 2.72. The maximum Gasteiger partial charge on any atom is 0.191 e. The van der Waals surface area contributed by atoms with Gasteiger partial charge >= 0.3 is 0 Å². The number of ether oxygens (including phenoxy) is 3. The van der Waals surface area contributed by atoms with E-state index in [0.29, 0.717) is 19.1 Å². The van der Waals surface area contributed by atoms with E-state index in [1.165, 1.54) is 5.56 Å². The van der Waals surface area contributed by atoms with Gasteiger partial charge in [0.2, 0.25) is 0 Å². The number of morpholine rings is 1. The van der Waals surface area contributed by atoms with E-state index < -0.39 is 0 Å². The highest BCUT2D eigenvalue weighted by Gasteiger charge is 2.21. The first kappa shape index (κ1) is 24.3. The van der Waals surface area contributed by atoms with Crippen molar-refractivity contribution >= 4 is 5.96 Å². The fourth-order valence-corrected chi connectivity index (χ4v) is 3.59. The molecule has 0 aromatic heterocycles. The SMILES string of the molecule is CCOc1ccc(CCNC(=NC)NCC2CN(CC(C)C)CCO2)cc1OCC. The van der Waals surface area contributed by atoms with Crippen LogP contribution in [-0.4, -0.2) is 76.6 Å². The Kier molecular flexibility index (Phi) is 10.8. The lowest BCUT2D eigenvalue weighted by atomic mass is 10.1. The molecule has 0 aliphatic carbocycles. The summed E-state index contributed by atoms with van der Waals surface area (Å²) in [6, 6.07) is 6.14. The molecule has 2 rings (SSSR count).